The van der Waals surface area contributed by atoms with Gasteiger partial charge < -0.3 is 10.1 Å². The minimum absolute atomic E-state index is 0.0380. The Hall–Kier alpha value is -1.87. The van der Waals surface area contributed by atoms with Crippen molar-refractivity contribution in [2.45, 2.75) is 19.9 Å². The molecule has 1 heterocycles. The average Bonchev–Trinajstić information content (AvgIpc) is 2.45. The van der Waals surface area contributed by atoms with Crippen molar-refractivity contribution in [2.24, 2.45) is 0 Å². The molecule has 100 valence electrons. The fraction of sp³-hybridized carbons (Fsp3) is 0.312. The smallest absolute Gasteiger partial charge is 0.142 e. The molecule has 2 rings (SSSR count). The predicted octanol–water partition coefficient (Wildman–Crippen LogP) is 3.02. The molecule has 0 saturated heterocycles. The molecule has 0 amide bonds. The van der Waals surface area contributed by atoms with Crippen molar-refractivity contribution < 1.29 is 4.74 Å². The lowest BCUT2D eigenvalue weighted by molar-refractivity contribution is 0.401. The molecule has 1 unspecified atom stereocenters. The molecule has 19 heavy (non-hydrogen) atoms. The summed E-state index contributed by atoms with van der Waals surface area (Å²) in [5, 5.41) is 3.33. The van der Waals surface area contributed by atoms with E-state index >= 15 is 0 Å². The van der Waals surface area contributed by atoms with Gasteiger partial charge >= 0.3 is 0 Å². The van der Waals surface area contributed by atoms with E-state index in [0.29, 0.717) is 0 Å². The maximum atomic E-state index is 5.42. The normalized spacial score (nSPS) is 12.2. The van der Waals surface area contributed by atoms with Gasteiger partial charge in [0.05, 0.1) is 13.2 Å². The van der Waals surface area contributed by atoms with E-state index < -0.39 is 0 Å². The number of hydrogen-bond acceptors (Lipinski definition) is 3. The minimum Gasteiger partial charge on any atom is -0.495 e. The highest BCUT2D eigenvalue weighted by Gasteiger charge is 2.19. The Labute approximate surface area is 114 Å². The van der Waals surface area contributed by atoms with E-state index in [4.69, 9.17) is 4.74 Å². The third-order valence-corrected chi connectivity index (χ3v) is 3.54. The number of aromatic nitrogens is 1. The van der Waals surface area contributed by atoms with Crippen LogP contribution in [0.15, 0.2) is 36.5 Å². The van der Waals surface area contributed by atoms with Crippen LogP contribution < -0.4 is 10.1 Å². The summed E-state index contributed by atoms with van der Waals surface area (Å²) < 4.78 is 5.42. The second-order valence-electron chi connectivity index (χ2n) is 4.60. The van der Waals surface area contributed by atoms with E-state index in [0.717, 1.165) is 11.4 Å². The summed E-state index contributed by atoms with van der Waals surface area (Å²) in [6.45, 7) is 4.27. The lowest BCUT2D eigenvalue weighted by Crippen LogP contribution is -2.20. The van der Waals surface area contributed by atoms with Gasteiger partial charge in [-0.2, -0.15) is 0 Å². The van der Waals surface area contributed by atoms with Crippen LogP contribution in [0.5, 0.6) is 5.75 Å². The van der Waals surface area contributed by atoms with Crippen LogP contribution >= 0.6 is 0 Å². The molecule has 0 aliphatic rings. The van der Waals surface area contributed by atoms with Crippen molar-refractivity contribution in [3.63, 3.8) is 0 Å². The summed E-state index contributed by atoms with van der Waals surface area (Å²) in [6, 6.07) is 10.2. The van der Waals surface area contributed by atoms with Crippen LogP contribution in [0.1, 0.15) is 28.4 Å². The Balaban J connectivity index is 2.53. The lowest BCUT2D eigenvalue weighted by atomic mass is 9.95. The third kappa shape index (κ3) is 2.61. The molecule has 0 aliphatic carbocycles. The zero-order chi connectivity index (χ0) is 13.8. The largest absolute Gasteiger partial charge is 0.495 e. The standard InChI is InChI=1S/C16H20N2O/c1-11-7-5-8-13(12(11)2)15(17-3)16-14(19-4)9-6-10-18-16/h5-10,15,17H,1-4H3. The van der Waals surface area contributed by atoms with Crippen LogP contribution in [0.2, 0.25) is 0 Å². The quantitative estimate of drug-likeness (QED) is 0.913. The van der Waals surface area contributed by atoms with Gasteiger partial charge in [0.25, 0.3) is 0 Å². The van der Waals surface area contributed by atoms with Crippen molar-refractivity contribution in [1.29, 1.82) is 0 Å². The Morgan fingerprint density at radius 1 is 1.16 bits per heavy atom. The summed E-state index contributed by atoms with van der Waals surface area (Å²) in [7, 11) is 3.62. The van der Waals surface area contributed by atoms with Gasteiger partial charge in [0.15, 0.2) is 0 Å². The van der Waals surface area contributed by atoms with Crippen molar-refractivity contribution in [3.05, 3.63) is 58.9 Å². The van der Waals surface area contributed by atoms with Crippen molar-refractivity contribution in [2.75, 3.05) is 14.2 Å². The summed E-state index contributed by atoms with van der Waals surface area (Å²) in [5.41, 5.74) is 4.72. The van der Waals surface area contributed by atoms with E-state index in [2.05, 4.69) is 42.3 Å². The molecule has 3 nitrogen and oxygen atoms in total. The maximum Gasteiger partial charge on any atom is 0.142 e. The molecule has 1 atom stereocenters. The summed E-state index contributed by atoms with van der Waals surface area (Å²) in [4.78, 5) is 4.48. The van der Waals surface area contributed by atoms with Gasteiger partial charge in [-0.1, -0.05) is 18.2 Å². The molecule has 0 bridgehead atoms. The number of hydrogen-bond donors (Lipinski definition) is 1. The monoisotopic (exact) mass is 256 g/mol. The van der Waals surface area contributed by atoms with Gasteiger partial charge in [-0.3, -0.25) is 4.98 Å². The van der Waals surface area contributed by atoms with E-state index in [1.54, 1.807) is 13.3 Å². The molecular formula is C16H20N2O. The average molecular weight is 256 g/mol. The van der Waals surface area contributed by atoms with Gasteiger partial charge in [-0.25, -0.2) is 0 Å². The van der Waals surface area contributed by atoms with Gasteiger partial charge in [0.1, 0.15) is 11.4 Å². The van der Waals surface area contributed by atoms with Crippen molar-refractivity contribution in [1.82, 2.24) is 10.3 Å². The zero-order valence-corrected chi connectivity index (χ0v) is 11.9. The van der Waals surface area contributed by atoms with Crippen molar-refractivity contribution in [3.8, 4) is 5.75 Å². The maximum absolute atomic E-state index is 5.42. The molecule has 1 aromatic carbocycles. The number of aryl methyl sites for hydroxylation is 1. The van der Waals surface area contributed by atoms with Gasteiger partial charge in [0, 0.05) is 6.20 Å². The second kappa shape index (κ2) is 5.85. The van der Waals surface area contributed by atoms with Crippen LogP contribution in [0.4, 0.5) is 0 Å². The van der Waals surface area contributed by atoms with E-state index in [1.165, 1.54) is 16.7 Å². The second-order valence-corrected chi connectivity index (χ2v) is 4.60. The first-order valence-corrected chi connectivity index (χ1v) is 6.41. The van der Waals surface area contributed by atoms with Gasteiger partial charge in [-0.15, -0.1) is 0 Å². The number of ether oxygens (including phenoxy) is 1. The third-order valence-electron chi connectivity index (χ3n) is 3.54. The molecular weight excluding hydrogens is 236 g/mol. The van der Waals surface area contributed by atoms with E-state index in [-0.39, 0.29) is 6.04 Å². The fourth-order valence-corrected chi connectivity index (χ4v) is 2.32. The van der Waals surface area contributed by atoms with Crippen LogP contribution in [0.25, 0.3) is 0 Å². The Morgan fingerprint density at radius 2 is 1.95 bits per heavy atom. The number of rotatable bonds is 4. The molecule has 3 heteroatoms. The number of methoxy groups -OCH3 is 1. The predicted molar refractivity (Wildman–Crippen MR) is 77.6 cm³/mol. The summed E-state index contributed by atoms with van der Waals surface area (Å²) in [6.07, 6.45) is 1.80. The molecule has 0 radical (unpaired) electrons. The minimum atomic E-state index is 0.0380. The van der Waals surface area contributed by atoms with Gasteiger partial charge in [0.2, 0.25) is 0 Å². The Kier molecular flexibility index (Phi) is 4.17. The molecule has 1 aromatic heterocycles. The SMILES string of the molecule is CNC(c1cccc(C)c1C)c1ncccc1OC. The molecule has 1 N–H and O–H groups in total. The van der Waals surface area contributed by atoms with E-state index in [9.17, 15) is 0 Å². The number of nitrogens with one attached hydrogen (secondary N) is 1. The number of pyridine rings is 1. The molecule has 0 saturated carbocycles. The van der Waals surface area contributed by atoms with Crippen LogP contribution in [-0.4, -0.2) is 19.1 Å². The highest BCUT2D eigenvalue weighted by molar-refractivity contribution is 5.42. The Bertz CT molecular complexity index is 566. The van der Waals surface area contributed by atoms with Gasteiger partial charge in [-0.05, 0) is 49.7 Å². The summed E-state index contributed by atoms with van der Waals surface area (Å²) in [5.74, 6) is 0.808. The highest BCUT2D eigenvalue weighted by Crippen LogP contribution is 2.30. The molecule has 0 fully saturated rings. The van der Waals surface area contributed by atoms with Crippen LogP contribution in [-0.2, 0) is 0 Å². The van der Waals surface area contributed by atoms with Crippen LogP contribution in [0, 0.1) is 13.8 Å². The van der Waals surface area contributed by atoms with E-state index in [1.807, 2.05) is 19.2 Å². The Morgan fingerprint density at radius 3 is 2.63 bits per heavy atom. The number of nitrogens with zero attached hydrogens (tertiary/aromatic N) is 1. The fourth-order valence-electron chi connectivity index (χ4n) is 2.32. The summed E-state index contributed by atoms with van der Waals surface area (Å²) >= 11 is 0. The first kappa shape index (κ1) is 13.6. The lowest BCUT2D eigenvalue weighted by Gasteiger charge is -2.21. The highest BCUT2D eigenvalue weighted by atomic mass is 16.5. The molecule has 2 aromatic rings. The number of benzene rings is 1. The van der Waals surface area contributed by atoms with Crippen LogP contribution in [0.3, 0.4) is 0 Å². The first-order chi connectivity index (χ1) is 9.19. The zero-order valence-electron chi connectivity index (χ0n) is 11.9. The first-order valence-electron chi connectivity index (χ1n) is 6.41. The molecule has 0 aliphatic heterocycles. The van der Waals surface area contributed by atoms with Crippen molar-refractivity contribution >= 4 is 0 Å². The molecule has 0 spiro atoms. The topological polar surface area (TPSA) is 34.2 Å².